The van der Waals surface area contributed by atoms with Crippen LogP contribution in [-0.4, -0.2) is 85.5 Å². The molecular weight excluding hydrogens is 526 g/mol. The molecule has 1 aromatic rings. The van der Waals surface area contributed by atoms with Gasteiger partial charge >= 0.3 is 0 Å². The van der Waals surface area contributed by atoms with Crippen LogP contribution in [-0.2, 0) is 27.3 Å². The van der Waals surface area contributed by atoms with Gasteiger partial charge in [0, 0.05) is 35.1 Å². The highest BCUT2D eigenvalue weighted by molar-refractivity contribution is 6.32. The van der Waals surface area contributed by atoms with Crippen molar-refractivity contribution in [3.05, 3.63) is 44.7 Å². The highest BCUT2D eigenvalue weighted by Gasteiger charge is 2.64. The van der Waals surface area contributed by atoms with E-state index in [2.05, 4.69) is 18.7 Å². The van der Waals surface area contributed by atoms with E-state index in [-0.39, 0.29) is 29.7 Å². The molecule has 11 heteroatoms. The number of aromatic hydroxyl groups is 1. The number of phenols is 1. The molecule has 0 bridgehead atoms. The first-order valence-electron chi connectivity index (χ1n) is 13.1. The molecule has 1 heterocycles. The Labute approximate surface area is 231 Å². The van der Waals surface area contributed by atoms with E-state index < -0.39 is 58.0 Å². The summed E-state index contributed by atoms with van der Waals surface area (Å²) in [5.41, 5.74) is 2.85. The van der Waals surface area contributed by atoms with Crippen LogP contribution in [0.2, 0.25) is 5.02 Å². The quantitative estimate of drug-likeness (QED) is 0.347. The number of phenolic OH excluding ortho intramolecular Hbond substituents is 1. The maximum Gasteiger partial charge on any atom is 0.255 e. The Balaban J connectivity index is 1.65. The first-order valence-corrected chi connectivity index (χ1v) is 13.5. The summed E-state index contributed by atoms with van der Waals surface area (Å²) in [6, 6.07) is 1.06. The van der Waals surface area contributed by atoms with Crippen molar-refractivity contribution in [2.24, 2.45) is 17.6 Å². The second kappa shape index (κ2) is 9.33. The van der Waals surface area contributed by atoms with E-state index in [0.29, 0.717) is 34.8 Å². The van der Waals surface area contributed by atoms with Crippen molar-refractivity contribution in [2.75, 3.05) is 14.1 Å². The minimum atomic E-state index is -2.66. The molecule has 210 valence electrons. The van der Waals surface area contributed by atoms with Gasteiger partial charge in [-0.2, -0.15) is 0 Å². The lowest BCUT2D eigenvalue weighted by Gasteiger charge is -2.50. The molecule has 6 atom stereocenters. The first-order chi connectivity index (χ1) is 18.2. The number of primary amides is 1. The normalized spacial score (nSPS) is 32.9. The van der Waals surface area contributed by atoms with Gasteiger partial charge in [0.2, 0.25) is 5.78 Å². The summed E-state index contributed by atoms with van der Waals surface area (Å²) in [4.78, 5) is 43.0. The summed E-state index contributed by atoms with van der Waals surface area (Å²) < 4.78 is 0. The summed E-state index contributed by atoms with van der Waals surface area (Å²) in [7, 11) is 3.13. The van der Waals surface area contributed by atoms with E-state index in [1.54, 1.807) is 14.1 Å². The van der Waals surface area contributed by atoms with Crippen molar-refractivity contribution >= 4 is 34.8 Å². The fraction of sp³-hybridized carbons (Fsp3) is 0.536. The summed E-state index contributed by atoms with van der Waals surface area (Å²) in [5, 5.41) is 45.3. The molecule has 0 radical (unpaired) electrons. The minimum absolute atomic E-state index is 0.00237. The Bertz CT molecular complexity index is 1360. The molecule has 0 spiro atoms. The highest BCUT2D eigenvalue weighted by atomic mass is 35.5. The van der Waals surface area contributed by atoms with Gasteiger partial charge < -0.3 is 26.2 Å². The van der Waals surface area contributed by atoms with Gasteiger partial charge in [-0.25, -0.2) is 0 Å². The van der Waals surface area contributed by atoms with Crippen molar-refractivity contribution in [3.8, 4) is 5.75 Å². The van der Waals surface area contributed by atoms with Crippen LogP contribution in [0, 0.1) is 11.8 Å². The number of Topliss-reactive ketones (excluding diaryl/α,β-unsaturated/α-hetero) is 2. The first kappa shape index (κ1) is 27.6. The van der Waals surface area contributed by atoms with E-state index in [9.17, 15) is 34.8 Å². The van der Waals surface area contributed by atoms with Crippen LogP contribution in [0.5, 0.6) is 5.75 Å². The molecule has 4 aliphatic rings. The monoisotopic (exact) mass is 559 g/mol. The number of ketones is 2. The minimum Gasteiger partial charge on any atom is -0.508 e. The predicted molar refractivity (Wildman–Crippen MR) is 143 cm³/mol. The maximum absolute atomic E-state index is 13.9. The molecular formula is C28H34ClN3O7. The molecule has 6 N–H and O–H groups in total. The number of aliphatic hydroxyl groups excluding tert-OH is 2. The van der Waals surface area contributed by atoms with Crippen LogP contribution in [0.25, 0.3) is 5.76 Å². The topological polar surface area (TPSA) is 165 Å². The average molecular weight is 560 g/mol. The van der Waals surface area contributed by atoms with E-state index in [1.807, 2.05) is 0 Å². The molecule has 1 saturated carbocycles. The molecule has 2 fully saturated rings. The molecule has 1 saturated heterocycles. The van der Waals surface area contributed by atoms with Gasteiger partial charge in [-0.05, 0) is 76.7 Å². The molecule has 1 amide bonds. The number of halogens is 1. The standard InChI is InChI=1S/C28H34ClN3O7/c1-11-5-6-12(2)32(11)10-14-9-17(33)19-15(21(14)29)7-13-8-16-22(31(3)4)24(35)20(27(30)38)26(37)28(16,39)25(36)18(13)23(19)34/h9,11-13,16,22,33-34,37,39H,5-8,10H2,1-4H3,(H2,30,38)/t11-,12-,13-,16-,22-,28-/m0/s1. The molecule has 0 aromatic heterocycles. The number of likely N-dealkylation sites (tertiary alicyclic amines) is 1. The number of likely N-dealkylation sites (N-methyl/N-ethyl adjacent to an activating group) is 1. The number of rotatable bonds is 4. The van der Waals surface area contributed by atoms with E-state index in [4.69, 9.17) is 17.3 Å². The number of nitrogens with zero attached hydrogens (tertiary/aromatic N) is 2. The number of amides is 1. The zero-order valence-electron chi connectivity index (χ0n) is 22.4. The number of carbonyl (C=O) groups is 3. The Morgan fingerprint density at radius 2 is 1.79 bits per heavy atom. The van der Waals surface area contributed by atoms with Crippen LogP contribution in [0.15, 0.2) is 23.0 Å². The molecule has 39 heavy (non-hydrogen) atoms. The second-order valence-electron chi connectivity index (χ2n) is 11.6. The number of nitrogens with two attached hydrogens (primary N) is 1. The Morgan fingerprint density at radius 3 is 2.36 bits per heavy atom. The number of aliphatic hydroxyl groups is 3. The molecule has 1 aliphatic heterocycles. The van der Waals surface area contributed by atoms with E-state index in [0.717, 1.165) is 12.8 Å². The number of benzene rings is 1. The van der Waals surface area contributed by atoms with Gasteiger partial charge in [0.15, 0.2) is 11.4 Å². The van der Waals surface area contributed by atoms with Gasteiger partial charge in [-0.15, -0.1) is 0 Å². The predicted octanol–water partition coefficient (Wildman–Crippen LogP) is 1.99. The number of hydrogen-bond donors (Lipinski definition) is 5. The lowest BCUT2D eigenvalue weighted by Crippen LogP contribution is -2.65. The van der Waals surface area contributed by atoms with Crippen molar-refractivity contribution in [3.63, 3.8) is 0 Å². The number of hydrogen-bond acceptors (Lipinski definition) is 9. The van der Waals surface area contributed by atoms with Gasteiger partial charge in [-0.1, -0.05) is 11.6 Å². The van der Waals surface area contributed by atoms with Crippen molar-refractivity contribution in [1.82, 2.24) is 9.80 Å². The summed E-state index contributed by atoms with van der Waals surface area (Å²) in [6.07, 6.45) is 2.30. The number of fused-ring (bicyclic) bond motifs is 3. The third kappa shape index (κ3) is 3.83. The van der Waals surface area contributed by atoms with Gasteiger partial charge in [-0.3, -0.25) is 24.2 Å². The lowest BCUT2D eigenvalue weighted by atomic mass is 9.57. The van der Waals surface area contributed by atoms with Crippen LogP contribution < -0.4 is 5.73 Å². The second-order valence-corrected chi connectivity index (χ2v) is 12.0. The molecule has 3 aliphatic carbocycles. The summed E-state index contributed by atoms with van der Waals surface area (Å²) in [6.45, 7) is 4.80. The Morgan fingerprint density at radius 1 is 1.18 bits per heavy atom. The maximum atomic E-state index is 13.9. The third-order valence-corrected chi connectivity index (χ3v) is 9.69. The molecule has 1 aromatic carbocycles. The molecule has 5 rings (SSSR count). The lowest BCUT2D eigenvalue weighted by molar-refractivity contribution is -0.153. The van der Waals surface area contributed by atoms with Gasteiger partial charge in [0.25, 0.3) is 5.91 Å². The van der Waals surface area contributed by atoms with Crippen molar-refractivity contribution in [1.29, 1.82) is 0 Å². The summed E-state index contributed by atoms with van der Waals surface area (Å²) in [5.74, 6) is -6.78. The highest BCUT2D eigenvalue weighted by Crippen LogP contribution is 2.53. The van der Waals surface area contributed by atoms with Crippen LogP contribution in [0.1, 0.15) is 49.8 Å². The average Bonchev–Trinajstić information content (AvgIpc) is 3.16. The molecule has 0 unspecified atom stereocenters. The molecule has 10 nitrogen and oxygen atoms in total. The van der Waals surface area contributed by atoms with Crippen LogP contribution >= 0.6 is 11.6 Å². The Hall–Kier alpha value is -2.92. The van der Waals surface area contributed by atoms with E-state index >= 15 is 0 Å². The SMILES string of the molecule is C[C@H]1CC[C@H](C)N1Cc1cc(O)c2c(c1Cl)C[C@H]1C[C@H]3[C@H](N(C)C)C(=O)C(C(N)=O)=C(O)[C@@]3(O)C(=O)C1=C2O. The zero-order valence-corrected chi connectivity index (χ0v) is 23.1. The zero-order chi connectivity index (χ0) is 28.7. The van der Waals surface area contributed by atoms with Crippen molar-refractivity contribution < 1.29 is 34.8 Å². The fourth-order valence-corrected chi connectivity index (χ4v) is 7.50. The third-order valence-electron chi connectivity index (χ3n) is 9.22. The Kier molecular flexibility index (Phi) is 6.61. The number of carbonyl (C=O) groups excluding carboxylic acids is 3. The van der Waals surface area contributed by atoms with Crippen LogP contribution in [0.4, 0.5) is 0 Å². The van der Waals surface area contributed by atoms with Crippen molar-refractivity contribution in [2.45, 2.75) is 69.8 Å². The fourth-order valence-electron chi connectivity index (χ4n) is 7.22. The van der Waals surface area contributed by atoms with Crippen LogP contribution in [0.3, 0.4) is 0 Å². The largest absolute Gasteiger partial charge is 0.508 e. The smallest absolute Gasteiger partial charge is 0.255 e. The van der Waals surface area contributed by atoms with Gasteiger partial charge in [0.1, 0.15) is 22.8 Å². The van der Waals surface area contributed by atoms with Gasteiger partial charge in [0.05, 0.1) is 11.6 Å². The van der Waals surface area contributed by atoms with E-state index in [1.165, 1.54) is 11.0 Å². The summed E-state index contributed by atoms with van der Waals surface area (Å²) >= 11 is 6.88.